The van der Waals surface area contributed by atoms with Gasteiger partial charge < -0.3 is 16.0 Å². The molecule has 3 N–H and O–H groups in total. The van der Waals surface area contributed by atoms with Gasteiger partial charge in [-0.15, -0.1) is 24.0 Å². The van der Waals surface area contributed by atoms with Crippen LogP contribution in [-0.4, -0.2) is 50.9 Å². The van der Waals surface area contributed by atoms with Crippen molar-refractivity contribution in [2.75, 3.05) is 24.6 Å². The van der Waals surface area contributed by atoms with Gasteiger partial charge >= 0.3 is 0 Å². The van der Waals surface area contributed by atoms with E-state index in [0.29, 0.717) is 18.9 Å². The minimum absolute atomic E-state index is 0. The Hall–Kier alpha value is -1.36. The highest BCUT2D eigenvalue weighted by Crippen LogP contribution is 2.12. The van der Waals surface area contributed by atoms with Crippen LogP contribution >= 0.6 is 24.0 Å². The predicted molar refractivity (Wildman–Crippen MR) is 119 cm³/mol. The van der Waals surface area contributed by atoms with Crippen LogP contribution < -0.4 is 16.0 Å². The number of halogens is 1. The zero-order chi connectivity index (χ0) is 19.0. The topological polar surface area (TPSA) is 99.7 Å². The summed E-state index contributed by atoms with van der Waals surface area (Å²) in [6.07, 6.45) is 0.725. The molecule has 152 valence electrons. The molecule has 2 atom stereocenters. The number of amides is 1. The van der Waals surface area contributed by atoms with Crippen LogP contribution in [0.3, 0.4) is 0 Å². The molecular formula is C18H29IN4O3S. The lowest BCUT2D eigenvalue weighted by atomic mass is 10.1. The second kappa shape index (κ2) is 11.5. The average Bonchev–Trinajstić information content (AvgIpc) is 2.94. The standard InChI is InChI=1S/C18H28N4O3S.HI/c1-3-19-18(21-14(2)15-7-5-4-6-8-15)20-11-9-17(23)22-16-10-12-26(24,25)13-16;/h4-8,14,16H,3,9-13H2,1-2H3,(H,22,23)(H2,19,20,21);1H. The van der Waals surface area contributed by atoms with Crippen LogP contribution in [0.5, 0.6) is 0 Å². The molecule has 27 heavy (non-hydrogen) atoms. The monoisotopic (exact) mass is 508 g/mol. The van der Waals surface area contributed by atoms with Gasteiger partial charge in [-0.1, -0.05) is 30.3 Å². The molecule has 9 heteroatoms. The van der Waals surface area contributed by atoms with Gasteiger partial charge in [0, 0.05) is 19.0 Å². The molecule has 2 unspecified atom stereocenters. The minimum Gasteiger partial charge on any atom is -0.357 e. The Labute approximate surface area is 178 Å². The normalized spacial score (nSPS) is 19.6. The lowest BCUT2D eigenvalue weighted by Crippen LogP contribution is -2.39. The van der Waals surface area contributed by atoms with Crippen molar-refractivity contribution in [1.82, 2.24) is 16.0 Å². The number of aliphatic imine (C=N–C) groups is 1. The van der Waals surface area contributed by atoms with Gasteiger partial charge in [-0.05, 0) is 25.8 Å². The van der Waals surface area contributed by atoms with Gasteiger partial charge in [-0.2, -0.15) is 0 Å². The summed E-state index contributed by atoms with van der Waals surface area (Å²) >= 11 is 0. The van der Waals surface area contributed by atoms with Crippen molar-refractivity contribution < 1.29 is 13.2 Å². The number of carbonyl (C=O) groups excluding carboxylic acids is 1. The van der Waals surface area contributed by atoms with E-state index in [4.69, 9.17) is 0 Å². The number of carbonyl (C=O) groups is 1. The third kappa shape index (κ3) is 8.46. The van der Waals surface area contributed by atoms with Crippen molar-refractivity contribution in [3.63, 3.8) is 0 Å². The molecule has 7 nitrogen and oxygen atoms in total. The molecule has 0 bridgehead atoms. The van der Waals surface area contributed by atoms with Gasteiger partial charge in [0.2, 0.25) is 5.91 Å². The Balaban J connectivity index is 0.00000364. The van der Waals surface area contributed by atoms with Crippen LogP contribution in [0, 0.1) is 0 Å². The minimum atomic E-state index is -2.98. The van der Waals surface area contributed by atoms with Crippen molar-refractivity contribution in [2.24, 2.45) is 4.99 Å². The van der Waals surface area contributed by atoms with Crippen molar-refractivity contribution in [2.45, 2.75) is 38.8 Å². The van der Waals surface area contributed by atoms with Crippen LogP contribution in [-0.2, 0) is 14.6 Å². The van der Waals surface area contributed by atoms with E-state index in [1.165, 1.54) is 0 Å². The highest BCUT2D eigenvalue weighted by molar-refractivity contribution is 14.0. The van der Waals surface area contributed by atoms with E-state index in [9.17, 15) is 13.2 Å². The lowest BCUT2D eigenvalue weighted by molar-refractivity contribution is -0.121. The molecule has 2 rings (SSSR count). The quantitative estimate of drug-likeness (QED) is 0.295. The Morgan fingerprint density at radius 1 is 1.30 bits per heavy atom. The molecule has 0 radical (unpaired) electrons. The molecule has 0 saturated carbocycles. The molecule has 1 heterocycles. The number of hydrogen-bond acceptors (Lipinski definition) is 4. The Morgan fingerprint density at radius 2 is 2.00 bits per heavy atom. The summed E-state index contributed by atoms with van der Waals surface area (Å²) in [5, 5.41) is 9.27. The molecule has 0 aliphatic carbocycles. The Morgan fingerprint density at radius 3 is 2.59 bits per heavy atom. The van der Waals surface area contributed by atoms with Gasteiger partial charge in [-0.3, -0.25) is 9.79 Å². The van der Waals surface area contributed by atoms with Crippen LogP contribution in [0.25, 0.3) is 0 Å². The van der Waals surface area contributed by atoms with Crippen LogP contribution in [0.1, 0.15) is 38.3 Å². The summed E-state index contributed by atoms with van der Waals surface area (Å²) in [5.74, 6) is 0.686. The van der Waals surface area contributed by atoms with E-state index in [1.54, 1.807) is 0 Å². The van der Waals surface area contributed by atoms with Crippen molar-refractivity contribution in [3.05, 3.63) is 35.9 Å². The zero-order valence-electron chi connectivity index (χ0n) is 15.8. The first-order valence-electron chi connectivity index (χ1n) is 8.99. The number of guanidine groups is 1. The second-order valence-electron chi connectivity index (χ2n) is 6.45. The van der Waals surface area contributed by atoms with Gasteiger partial charge in [0.05, 0.1) is 24.1 Å². The fourth-order valence-electron chi connectivity index (χ4n) is 2.83. The molecule has 1 saturated heterocycles. The highest BCUT2D eigenvalue weighted by Gasteiger charge is 2.28. The van der Waals surface area contributed by atoms with Gasteiger partial charge in [-0.25, -0.2) is 8.42 Å². The van der Waals surface area contributed by atoms with E-state index in [1.807, 2.05) is 37.3 Å². The third-order valence-corrected chi connectivity index (χ3v) is 5.97. The first-order valence-corrected chi connectivity index (χ1v) is 10.8. The SMILES string of the molecule is CCNC(=NCCC(=O)NC1CCS(=O)(=O)C1)NC(C)c1ccccc1.I. The van der Waals surface area contributed by atoms with Gasteiger partial charge in [0.25, 0.3) is 0 Å². The Bertz CT molecular complexity index is 725. The van der Waals surface area contributed by atoms with Crippen LogP contribution in [0.15, 0.2) is 35.3 Å². The summed E-state index contributed by atoms with van der Waals surface area (Å²) in [6, 6.07) is 9.88. The number of nitrogens with one attached hydrogen (secondary N) is 3. The largest absolute Gasteiger partial charge is 0.357 e. The number of benzene rings is 1. The van der Waals surface area contributed by atoms with Crippen molar-refractivity contribution >= 4 is 45.7 Å². The second-order valence-corrected chi connectivity index (χ2v) is 8.68. The maximum atomic E-state index is 12.0. The highest BCUT2D eigenvalue weighted by atomic mass is 127. The summed E-state index contributed by atoms with van der Waals surface area (Å²) in [7, 11) is -2.98. The third-order valence-electron chi connectivity index (χ3n) is 4.20. The summed E-state index contributed by atoms with van der Waals surface area (Å²) < 4.78 is 22.9. The van der Waals surface area contributed by atoms with E-state index in [0.717, 1.165) is 12.1 Å². The van der Waals surface area contributed by atoms with Gasteiger partial charge in [0.1, 0.15) is 0 Å². The fourth-order valence-corrected chi connectivity index (χ4v) is 4.50. The molecule has 1 aliphatic rings. The summed E-state index contributed by atoms with van der Waals surface area (Å²) in [6.45, 7) is 5.09. The zero-order valence-corrected chi connectivity index (χ0v) is 18.9. The van der Waals surface area contributed by atoms with E-state index >= 15 is 0 Å². The van der Waals surface area contributed by atoms with Gasteiger partial charge in [0.15, 0.2) is 15.8 Å². The van der Waals surface area contributed by atoms with E-state index in [-0.39, 0.29) is 59.9 Å². The molecule has 1 fully saturated rings. The van der Waals surface area contributed by atoms with E-state index < -0.39 is 9.84 Å². The molecule has 1 aromatic rings. The van der Waals surface area contributed by atoms with Crippen LogP contribution in [0.4, 0.5) is 0 Å². The first-order chi connectivity index (χ1) is 12.4. The van der Waals surface area contributed by atoms with E-state index in [2.05, 4.69) is 27.9 Å². The smallest absolute Gasteiger partial charge is 0.222 e. The number of sulfone groups is 1. The number of rotatable bonds is 7. The Kier molecular flexibility index (Phi) is 10.1. The van der Waals surface area contributed by atoms with Crippen molar-refractivity contribution in [3.8, 4) is 0 Å². The van der Waals surface area contributed by atoms with Crippen molar-refractivity contribution in [1.29, 1.82) is 0 Å². The molecule has 0 aromatic heterocycles. The first kappa shape index (κ1) is 23.7. The summed E-state index contributed by atoms with van der Waals surface area (Å²) in [5.41, 5.74) is 1.15. The summed E-state index contributed by atoms with van der Waals surface area (Å²) in [4.78, 5) is 16.4. The fraction of sp³-hybridized carbons (Fsp3) is 0.556. The molecular weight excluding hydrogens is 479 g/mol. The maximum absolute atomic E-state index is 12.0. The average molecular weight is 508 g/mol. The predicted octanol–water partition coefficient (Wildman–Crippen LogP) is 1.61. The number of nitrogens with zero attached hydrogens (tertiary/aromatic N) is 1. The molecule has 1 aliphatic heterocycles. The number of hydrogen-bond donors (Lipinski definition) is 3. The van der Waals surface area contributed by atoms with Crippen LogP contribution in [0.2, 0.25) is 0 Å². The molecule has 0 spiro atoms. The molecule has 1 amide bonds. The maximum Gasteiger partial charge on any atom is 0.222 e. The molecule has 1 aromatic carbocycles. The lowest BCUT2D eigenvalue weighted by Gasteiger charge is -2.18.